The molecule has 3 heterocycles. The molecule has 5 heteroatoms. The van der Waals surface area contributed by atoms with Crippen molar-refractivity contribution in [2.24, 2.45) is 5.73 Å². The summed E-state index contributed by atoms with van der Waals surface area (Å²) in [7, 11) is 0. The van der Waals surface area contributed by atoms with Crippen LogP contribution in [0.3, 0.4) is 0 Å². The van der Waals surface area contributed by atoms with Gasteiger partial charge >= 0.3 is 0 Å². The fourth-order valence-corrected chi connectivity index (χ4v) is 2.72. The van der Waals surface area contributed by atoms with Gasteiger partial charge in [-0.3, -0.25) is 4.57 Å². The van der Waals surface area contributed by atoms with E-state index in [1.165, 1.54) is 0 Å². The van der Waals surface area contributed by atoms with Crippen molar-refractivity contribution >= 4 is 16.7 Å². The summed E-state index contributed by atoms with van der Waals surface area (Å²) in [6.07, 6.45) is 4.62. The van der Waals surface area contributed by atoms with E-state index in [1.54, 1.807) is 0 Å². The van der Waals surface area contributed by atoms with Crippen LogP contribution >= 0.6 is 0 Å². The van der Waals surface area contributed by atoms with Gasteiger partial charge in [0.25, 0.3) is 0 Å². The Hall–Kier alpha value is -2.66. The van der Waals surface area contributed by atoms with Crippen LogP contribution in [0.15, 0.2) is 55.0 Å². The molecule has 0 saturated carbocycles. The molecule has 0 aliphatic rings. The van der Waals surface area contributed by atoms with Crippen molar-refractivity contribution in [3.63, 3.8) is 0 Å². The van der Waals surface area contributed by atoms with Crippen molar-refractivity contribution in [3.05, 3.63) is 60.7 Å². The third-order valence-corrected chi connectivity index (χ3v) is 3.67. The molecule has 104 valence electrons. The van der Waals surface area contributed by atoms with Crippen LogP contribution in [0.1, 0.15) is 5.69 Å². The highest BCUT2D eigenvalue weighted by Crippen LogP contribution is 2.22. The van der Waals surface area contributed by atoms with E-state index in [0.29, 0.717) is 6.54 Å². The van der Waals surface area contributed by atoms with Crippen LogP contribution in [0.25, 0.3) is 22.5 Å². The summed E-state index contributed by atoms with van der Waals surface area (Å²) in [6.45, 7) is 0.586. The van der Waals surface area contributed by atoms with Crippen LogP contribution in [-0.2, 0) is 6.42 Å². The molecule has 0 radical (unpaired) electrons. The highest BCUT2D eigenvalue weighted by molar-refractivity contribution is 5.77. The van der Waals surface area contributed by atoms with Crippen LogP contribution in [0, 0.1) is 0 Å². The number of benzene rings is 1. The lowest BCUT2D eigenvalue weighted by molar-refractivity contribution is 0.882. The van der Waals surface area contributed by atoms with Crippen LogP contribution in [0.5, 0.6) is 0 Å². The highest BCUT2D eigenvalue weighted by Gasteiger charge is 2.14. The Morgan fingerprint density at radius 2 is 1.90 bits per heavy atom. The topological polar surface area (TPSA) is 61.1 Å². The number of aromatic nitrogens is 4. The molecule has 2 N–H and O–H groups in total. The number of rotatable bonds is 3. The first-order valence-electron chi connectivity index (χ1n) is 6.97. The van der Waals surface area contributed by atoms with Gasteiger partial charge < -0.3 is 10.1 Å². The average Bonchev–Trinajstić information content (AvgIpc) is 3.09. The minimum Gasteiger partial charge on any atom is -0.330 e. The maximum Gasteiger partial charge on any atom is 0.161 e. The van der Waals surface area contributed by atoms with E-state index < -0.39 is 0 Å². The van der Waals surface area contributed by atoms with Crippen molar-refractivity contribution in [3.8, 4) is 5.82 Å². The number of pyridine rings is 1. The molecule has 0 saturated heterocycles. The van der Waals surface area contributed by atoms with Gasteiger partial charge in [-0.15, -0.1) is 0 Å². The minimum atomic E-state index is 0.586. The molecule has 4 rings (SSSR count). The van der Waals surface area contributed by atoms with E-state index in [0.717, 1.165) is 34.6 Å². The SMILES string of the molecule is NCCc1c(-n2cnc3ccccc32)nc2ccccn12. The molecule has 0 fully saturated rings. The summed E-state index contributed by atoms with van der Waals surface area (Å²) in [6, 6.07) is 14.1. The third kappa shape index (κ3) is 1.82. The van der Waals surface area contributed by atoms with E-state index in [2.05, 4.69) is 15.5 Å². The molecular formula is C16H15N5. The summed E-state index contributed by atoms with van der Waals surface area (Å²) in [4.78, 5) is 9.20. The predicted octanol–water partition coefficient (Wildman–Crippen LogP) is 2.17. The number of nitrogens with two attached hydrogens (primary N) is 1. The Balaban J connectivity index is 2.03. The molecule has 21 heavy (non-hydrogen) atoms. The number of imidazole rings is 2. The Morgan fingerprint density at radius 3 is 2.81 bits per heavy atom. The highest BCUT2D eigenvalue weighted by atomic mass is 15.2. The van der Waals surface area contributed by atoms with Crippen molar-refractivity contribution in [2.45, 2.75) is 6.42 Å². The molecule has 0 bridgehead atoms. The zero-order valence-corrected chi connectivity index (χ0v) is 11.5. The summed E-state index contributed by atoms with van der Waals surface area (Å²) in [5, 5.41) is 0. The molecule has 5 nitrogen and oxygen atoms in total. The van der Waals surface area contributed by atoms with E-state index in [-0.39, 0.29) is 0 Å². The predicted molar refractivity (Wildman–Crippen MR) is 82.6 cm³/mol. The van der Waals surface area contributed by atoms with Crippen molar-refractivity contribution in [1.82, 2.24) is 18.9 Å². The second-order valence-corrected chi connectivity index (χ2v) is 4.95. The van der Waals surface area contributed by atoms with Crippen molar-refractivity contribution in [2.75, 3.05) is 6.54 Å². The fourth-order valence-electron chi connectivity index (χ4n) is 2.72. The largest absolute Gasteiger partial charge is 0.330 e. The number of nitrogens with zero attached hydrogens (tertiary/aromatic N) is 4. The Bertz CT molecular complexity index is 919. The maximum atomic E-state index is 5.78. The minimum absolute atomic E-state index is 0.586. The molecule has 3 aromatic heterocycles. The summed E-state index contributed by atoms with van der Waals surface area (Å²) >= 11 is 0. The molecule has 0 spiro atoms. The molecule has 0 unspecified atom stereocenters. The summed E-state index contributed by atoms with van der Waals surface area (Å²) in [5.74, 6) is 0.903. The Labute approximate surface area is 121 Å². The quantitative estimate of drug-likeness (QED) is 0.624. The maximum absolute atomic E-state index is 5.78. The zero-order chi connectivity index (χ0) is 14.2. The van der Waals surface area contributed by atoms with Gasteiger partial charge in [0.15, 0.2) is 5.82 Å². The molecule has 1 aromatic carbocycles. The van der Waals surface area contributed by atoms with E-state index in [9.17, 15) is 0 Å². The standard InChI is InChI=1S/C16H15N5/c17-9-8-14-16(19-15-7-3-4-10-20(14)15)21-11-18-12-5-1-2-6-13(12)21/h1-7,10-11H,8-9,17H2. The first-order valence-corrected chi connectivity index (χ1v) is 6.97. The van der Waals surface area contributed by atoms with Gasteiger partial charge in [0.2, 0.25) is 0 Å². The van der Waals surface area contributed by atoms with Crippen LogP contribution in [0.4, 0.5) is 0 Å². The van der Waals surface area contributed by atoms with Gasteiger partial charge in [0, 0.05) is 12.6 Å². The number of hydrogen-bond acceptors (Lipinski definition) is 3. The Morgan fingerprint density at radius 1 is 1.05 bits per heavy atom. The Kier molecular flexibility index (Phi) is 2.72. The van der Waals surface area contributed by atoms with Crippen LogP contribution in [0.2, 0.25) is 0 Å². The summed E-state index contributed by atoms with van der Waals surface area (Å²) in [5.41, 5.74) is 9.83. The smallest absolute Gasteiger partial charge is 0.161 e. The van der Waals surface area contributed by atoms with Gasteiger partial charge in [-0.1, -0.05) is 18.2 Å². The van der Waals surface area contributed by atoms with Crippen LogP contribution in [-0.4, -0.2) is 25.5 Å². The zero-order valence-electron chi connectivity index (χ0n) is 11.5. The van der Waals surface area contributed by atoms with E-state index in [1.807, 2.05) is 53.5 Å². The molecule has 0 atom stereocenters. The first kappa shape index (κ1) is 12.1. The van der Waals surface area contributed by atoms with E-state index in [4.69, 9.17) is 10.7 Å². The lowest BCUT2D eigenvalue weighted by Crippen LogP contribution is -2.08. The van der Waals surface area contributed by atoms with Gasteiger partial charge in [-0.05, 0) is 30.8 Å². The second kappa shape index (κ2) is 4.71. The lowest BCUT2D eigenvalue weighted by atomic mass is 10.3. The number of para-hydroxylation sites is 2. The number of hydrogen-bond donors (Lipinski definition) is 1. The average molecular weight is 277 g/mol. The fraction of sp³-hybridized carbons (Fsp3) is 0.125. The molecule has 4 aromatic rings. The number of fused-ring (bicyclic) bond motifs is 2. The van der Waals surface area contributed by atoms with Gasteiger partial charge in [-0.25, -0.2) is 9.97 Å². The van der Waals surface area contributed by atoms with Gasteiger partial charge in [0.05, 0.1) is 16.7 Å². The molecule has 0 amide bonds. The third-order valence-electron chi connectivity index (χ3n) is 3.67. The molecule has 0 aliphatic heterocycles. The van der Waals surface area contributed by atoms with Gasteiger partial charge in [0.1, 0.15) is 12.0 Å². The monoisotopic (exact) mass is 277 g/mol. The van der Waals surface area contributed by atoms with E-state index >= 15 is 0 Å². The van der Waals surface area contributed by atoms with Crippen molar-refractivity contribution in [1.29, 1.82) is 0 Å². The molecule has 0 aliphatic carbocycles. The van der Waals surface area contributed by atoms with Crippen molar-refractivity contribution < 1.29 is 0 Å². The van der Waals surface area contributed by atoms with Gasteiger partial charge in [-0.2, -0.15) is 0 Å². The lowest BCUT2D eigenvalue weighted by Gasteiger charge is -2.05. The second-order valence-electron chi connectivity index (χ2n) is 4.95. The van der Waals surface area contributed by atoms with Crippen LogP contribution < -0.4 is 5.73 Å². The first-order chi connectivity index (χ1) is 10.4. The molecular weight excluding hydrogens is 262 g/mol. The summed E-state index contributed by atoms with van der Waals surface area (Å²) < 4.78 is 4.13. The normalized spacial score (nSPS) is 11.5.